The lowest BCUT2D eigenvalue weighted by Gasteiger charge is -2.07. The number of ether oxygens (including phenoxy) is 1. The molecule has 0 fully saturated rings. The monoisotopic (exact) mass is 356 g/mol. The second-order valence-electron chi connectivity index (χ2n) is 3.78. The predicted octanol–water partition coefficient (Wildman–Crippen LogP) is 3.38. The normalized spacial score (nSPS) is 10.2. The Bertz CT molecular complexity index is 738. The average Bonchev–Trinajstić information content (AvgIpc) is 2.42. The van der Waals surface area contributed by atoms with Gasteiger partial charge in [-0.05, 0) is 22.0 Å². The molecule has 0 saturated carbocycles. The Balaban J connectivity index is 2.43. The number of hydrogen-bond donors (Lipinski definition) is 1. The van der Waals surface area contributed by atoms with Crippen LogP contribution < -0.4 is 4.74 Å². The number of nitro benzene ring substituents is 1. The van der Waals surface area contributed by atoms with Crippen molar-refractivity contribution in [2.45, 2.75) is 0 Å². The highest BCUT2D eigenvalue weighted by molar-refractivity contribution is 9.10. The first-order valence-electron chi connectivity index (χ1n) is 5.39. The molecule has 0 unspecified atom stereocenters. The van der Waals surface area contributed by atoms with Crippen LogP contribution in [0.5, 0.6) is 11.6 Å². The molecular weight excluding hydrogens is 351 g/mol. The summed E-state index contributed by atoms with van der Waals surface area (Å²) < 4.78 is 18.5. The van der Waals surface area contributed by atoms with Crippen LogP contribution >= 0.6 is 15.9 Å². The van der Waals surface area contributed by atoms with E-state index in [1.54, 1.807) is 0 Å². The Morgan fingerprint density at radius 3 is 2.76 bits per heavy atom. The van der Waals surface area contributed by atoms with Gasteiger partial charge in [0, 0.05) is 24.4 Å². The Morgan fingerprint density at radius 2 is 2.14 bits per heavy atom. The molecule has 0 saturated heterocycles. The van der Waals surface area contributed by atoms with Crippen LogP contribution in [0.2, 0.25) is 0 Å². The smallest absolute Gasteiger partial charge is 0.335 e. The first kappa shape index (κ1) is 14.9. The van der Waals surface area contributed by atoms with Crippen molar-refractivity contribution < 1.29 is 24.0 Å². The highest BCUT2D eigenvalue weighted by Crippen LogP contribution is 2.35. The summed E-state index contributed by atoms with van der Waals surface area (Å²) >= 11 is 2.84. The SMILES string of the molecule is O=C(O)c1ccnc(Oc2cc(F)c(Br)cc2[N+](=O)[O-])c1. The van der Waals surface area contributed by atoms with Crippen LogP contribution in [0.3, 0.4) is 0 Å². The summed E-state index contributed by atoms with van der Waals surface area (Å²) in [7, 11) is 0. The van der Waals surface area contributed by atoms with E-state index in [1.807, 2.05) is 0 Å². The van der Waals surface area contributed by atoms with Crippen LogP contribution in [-0.2, 0) is 0 Å². The zero-order valence-corrected chi connectivity index (χ0v) is 11.7. The zero-order chi connectivity index (χ0) is 15.6. The van der Waals surface area contributed by atoms with Gasteiger partial charge in [-0.3, -0.25) is 10.1 Å². The van der Waals surface area contributed by atoms with Crippen molar-refractivity contribution in [2.24, 2.45) is 0 Å². The molecule has 1 aromatic heterocycles. The van der Waals surface area contributed by atoms with Gasteiger partial charge in [0.2, 0.25) is 11.6 Å². The number of aromatic nitrogens is 1. The third-order valence-electron chi connectivity index (χ3n) is 2.39. The van der Waals surface area contributed by atoms with Crippen LogP contribution in [0.25, 0.3) is 0 Å². The van der Waals surface area contributed by atoms with Crippen LogP contribution in [-0.4, -0.2) is 21.0 Å². The number of hydrogen-bond acceptors (Lipinski definition) is 5. The Morgan fingerprint density at radius 1 is 1.43 bits per heavy atom. The number of aromatic carboxylic acids is 1. The molecule has 7 nitrogen and oxygen atoms in total. The van der Waals surface area contributed by atoms with Crippen LogP contribution in [0.4, 0.5) is 10.1 Å². The Labute approximate surface area is 125 Å². The zero-order valence-electron chi connectivity index (χ0n) is 10.1. The summed E-state index contributed by atoms with van der Waals surface area (Å²) in [6.45, 7) is 0. The molecule has 21 heavy (non-hydrogen) atoms. The molecule has 0 atom stereocenters. The van der Waals surface area contributed by atoms with Gasteiger partial charge in [-0.15, -0.1) is 0 Å². The first-order valence-corrected chi connectivity index (χ1v) is 6.18. The molecule has 1 aromatic carbocycles. The van der Waals surface area contributed by atoms with Gasteiger partial charge in [0.15, 0.2) is 0 Å². The maximum absolute atomic E-state index is 13.5. The summed E-state index contributed by atoms with van der Waals surface area (Å²) in [6, 6.07) is 4.07. The van der Waals surface area contributed by atoms with E-state index in [0.717, 1.165) is 18.2 Å². The minimum atomic E-state index is -1.21. The second-order valence-corrected chi connectivity index (χ2v) is 4.64. The molecule has 0 aliphatic rings. The Kier molecular flexibility index (Phi) is 4.13. The highest BCUT2D eigenvalue weighted by Gasteiger charge is 2.20. The number of benzene rings is 1. The van der Waals surface area contributed by atoms with Gasteiger partial charge >= 0.3 is 11.7 Å². The molecule has 0 spiro atoms. The highest BCUT2D eigenvalue weighted by atomic mass is 79.9. The minimum absolute atomic E-state index is 0.0891. The van der Waals surface area contributed by atoms with Gasteiger partial charge < -0.3 is 9.84 Å². The largest absolute Gasteiger partial charge is 0.478 e. The van der Waals surface area contributed by atoms with Crippen LogP contribution in [0, 0.1) is 15.9 Å². The third kappa shape index (κ3) is 3.31. The molecule has 1 heterocycles. The molecule has 0 aliphatic carbocycles. The molecular formula is C12H6BrFN2O5. The number of nitro groups is 1. The van der Waals surface area contributed by atoms with Crippen molar-refractivity contribution in [1.29, 1.82) is 0 Å². The average molecular weight is 357 g/mol. The maximum atomic E-state index is 13.5. The number of carbonyl (C=O) groups is 1. The fourth-order valence-electron chi connectivity index (χ4n) is 1.45. The summed E-state index contributed by atoms with van der Waals surface area (Å²) in [6.07, 6.45) is 1.17. The summed E-state index contributed by atoms with van der Waals surface area (Å²) in [5.74, 6) is -2.54. The van der Waals surface area contributed by atoms with Gasteiger partial charge in [0.25, 0.3) is 0 Å². The van der Waals surface area contributed by atoms with Crippen molar-refractivity contribution in [3.05, 3.63) is 56.4 Å². The second kappa shape index (κ2) is 5.83. The lowest BCUT2D eigenvalue weighted by molar-refractivity contribution is -0.385. The van der Waals surface area contributed by atoms with E-state index in [4.69, 9.17) is 9.84 Å². The van der Waals surface area contributed by atoms with Crippen LogP contribution in [0.15, 0.2) is 34.9 Å². The van der Waals surface area contributed by atoms with E-state index in [9.17, 15) is 19.3 Å². The first-order chi connectivity index (χ1) is 9.88. The lowest BCUT2D eigenvalue weighted by Crippen LogP contribution is -1.99. The number of pyridine rings is 1. The van der Waals surface area contributed by atoms with Crippen molar-refractivity contribution in [2.75, 3.05) is 0 Å². The van der Waals surface area contributed by atoms with Crippen molar-refractivity contribution in [3.8, 4) is 11.6 Å². The van der Waals surface area contributed by atoms with E-state index >= 15 is 0 Å². The number of rotatable bonds is 4. The predicted molar refractivity (Wildman–Crippen MR) is 72.0 cm³/mol. The van der Waals surface area contributed by atoms with E-state index in [2.05, 4.69) is 20.9 Å². The van der Waals surface area contributed by atoms with E-state index in [0.29, 0.717) is 0 Å². The molecule has 0 radical (unpaired) electrons. The summed E-state index contributed by atoms with van der Waals surface area (Å²) in [5.41, 5.74) is -0.592. The number of halogens is 2. The van der Waals surface area contributed by atoms with Gasteiger partial charge in [-0.1, -0.05) is 0 Å². The summed E-state index contributed by atoms with van der Waals surface area (Å²) in [4.78, 5) is 24.7. The molecule has 0 bridgehead atoms. The van der Waals surface area contributed by atoms with Gasteiger partial charge in [-0.2, -0.15) is 0 Å². The van der Waals surface area contributed by atoms with Crippen molar-refractivity contribution >= 4 is 27.6 Å². The number of carboxylic acids is 1. The Hall–Kier alpha value is -2.55. The molecule has 9 heteroatoms. The quantitative estimate of drug-likeness (QED) is 0.665. The number of carboxylic acid groups (broad SMARTS) is 1. The number of nitrogens with zero attached hydrogens (tertiary/aromatic N) is 2. The van der Waals surface area contributed by atoms with Crippen molar-refractivity contribution in [1.82, 2.24) is 4.98 Å². The standard InChI is InChI=1S/C12H6BrFN2O5/c13-7-4-9(16(19)20)10(5-8(7)14)21-11-3-6(12(17)18)1-2-15-11/h1-5H,(H,17,18). The van der Waals surface area contributed by atoms with E-state index in [1.165, 1.54) is 12.3 Å². The molecule has 2 aromatic rings. The molecule has 108 valence electrons. The lowest BCUT2D eigenvalue weighted by atomic mass is 10.2. The van der Waals surface area contributed by atoms with E-state index in [-0.39, 0.29) is 21.7 Å². The fraction of sp³-hybridized carbons (Fsp3) is 0. The van der Waals surface area contributed by atoms with Crippen LogP contribution in [0.1, 0.15) is 10.4 Å². The van der Waals surface area contributed by atoms with E-state index < -0.39 is 22.4 Å². The maximum Gasteiger partial charge on any atom is 0.335 e. The molecule has 1 N–H and O–H groups in total. The fourth-order valence-corrected chi connectivity index (χ4v) is 1.78. The molecule has 2 rings (SSSR count). The summed E-state index contributed by atoms with van der Waals surface area (Å²) in [5, 5.41) is 19.8. The van der Waals surface area contributed by atoms with Gasteiger partial charge in [0.05, 0.1) is 15.0 Å². The van der Waals surface area contributed by atoms with Gasteiger partial charge in [-0.25, -0.2) is 14.2 Å². The molecule has 0 aliphatic heterocycles. The minimum Gasteiger partial charge on any atom is -0.478 e. The van der Waals surface area contributed by atoms with Gasteiger partial charge in [0.1, 0.15) is 5.82 Å². The topological polar surface area (TPSA) is 103 Å². The third-order valence-corrected chi connectivity index (χ3v) is 3.00. The molecule has 0 amide bonds. The van der Waals surface area contributed by atoms with Crippen molar-refractivity contribution in [3.63, 3.8) is 0 Å².